The zero-order valence-corrected chi connectivity index (χ0v) is 11.3. The summed E-state index contributed by atoms with van der Waals surface area (Å²) >= 11 is 0. The molecule has 0 amide bonds. The third-order valence-electron chi connectivity index (χ3n) is 3.88. The van der Waals surface area contributed by atoms with Crippen molar-refractivity contribution < 1.29 is 10.2 Å². The summed E-state index contributed by atoms with van der Waals surface area (Å²) in [6.45, 7) is 0.252. The van der Waals surface area contributed by atoms with Gasteiger partial charge in [-0.15, -0.1) is 0 Å². The van der Waals surface area contributed by atoms with Crippen molar-refractivity contribution >= 4 is 21.5 Å². The fourth-order valence-electron chi connectivity index (χ4n) is 3.08. The van der Waals surface area contributed by atoms with Crippen LogP contribution in [0.15, 0.2) is 48.5 Å². The Kier molecular flexibility index (Phi) is 3.68. The Morgan fingerprint density at radius 3 is 1.25 bits per heavy atom. The second-order valence-electron chi connectivity index (χ2n) is 5.00. The second kappa shape index (κ2) is 5.61. The van der Waals surface area contributed by atoms with Gasteiger partial charge in [-0.2, -0.15) is 0 Å². The van der Waals surface area contributed by atoms with E-state index < -0.39 is 0 Å². The van der Waals surface area contributed by atoms with Crippen molar-refractivity contribution in [3.8, 4) is 0 Å². The molecule has 3 aromatic carbocycles. The molecule has 0 heterocycles. The third-order valence-corrected chi connectivity index (χ3v) is 3.88. The van der Waals surface area contributed by atoms with Crippen LogP contribution in [0.4, 0.5) is 0 Å². The van der Waals surface area contributed by atoms with Crippen molar-refractivity contribution in [2.24, 2.45) is 0 Å². The van der Waals surface area contributed by atoms with Crippen molar-refractivity contribution in [2.45, 2.75) is 12.8 Å². The molecular formula is C18H18O2. The van der Waals surface area contributed by atoms with Gasteiger partial charge in [0.1, 0.15) is 0 Å². The van der Waals surface area contributed by atoms with E-state index >= 15 is 0 Å². The molecule has 0 unspecified atom stereocenters. The van der Waals surface area contributed by atoms with Crippen molar-refractivity contribution in [1.29, 1.82) is 0 Å². The van der Waals surface area contributed by atoms with Crippen LogP contribution in [0, 0.1) is 0 Å². The lowest BCUT2D eigenvalue weighted by atomic mass is 9.89. The maximum atomic E-state index is 9.38. The smallest absolute Gasteiger partial charge is 0.0471 e. The Hall–Kier alpha value is -1.90. The van der Waals surface area contributed by atoms with Gasteiger partial charge in [0.2, 0.25) is 0 Å². The first-order valence-corrected chi connectivity index (χ1v) is 6.99. The highest BCUT2D eigenvalue weighted by atomic mass is 16.3. The lowest BCUT2D eigenvalue weighted by molar-refractivity contribution is 0.294. The molecule has 20 heavy (non-hydrogen) atoms. The fourth-order valence-corrected chi connectivity index (χ4v) is 3.08. The highest BCUT2D eigenvalue weighted by Crippen LogP contribution is 2.33. The molecule has 102 valence electrons. The van der Waals surface area contributed by atoms with Crippen LogP contribution in [0.2, 0.25) is 0 Å². The van der Waals surface area contributed by atoms with Crippen LogP contribution in [0.1, 0.15) is 11.1 Å². The standard InChI is InChI=1S/C18H18O2/c19-11-9-17-15-7-3-1-5-13(15)14-6-2-4-8-16(14)18(17)10-12-20/h1-8,19-20H,9-12H2. The minimum Gasteiger partial charge on any atom is -0.396 e. The molecule has 0 aromatic heterocycles. The summed E-state index contributed by atoms with van der Waals surface area (Å²) in [5.74, 6) is 0. The Morgan fingerprint density at radius 2 is 0.900 bits per heavy atom. The number of aliphatic hydroxyl groups is 2. The van der Waals surface area contributed by atoms with Crippen molar-refractivity contribution in [1.82, 2.24) is 0 Å². The van der Waals surface area contributed by atoms with E-state index in [1.807, 2.05) is 24.3 Å². The SMILES string of the molecule is OCCc1c(CCO)c2ccccc2c2ccccc12. The maximum absolute atomic E-state index is 9.38. The molecule has 0 bridgehead atoms. The van der Waals surface area contributed by atoms with Crippen LogP contribution >= 0.6 is 0 Å². The summed E-state index contributed by atoms with van der Waals surface area (Å²) in [4.78, 5) is 0. The van der Waals surface area contributed by atoms with Crippen LogP contribution in [0.3, 0.4) is 0 Å². The highest BCUT2D eigenvalue weighted by Gasteiger charge is 2.12. The largest absolute Gasteiger partial charge is 0.396 e. The third kappa shape index (κ3) is 2.07. The van der Waals surface area contributed by atoms with E-state index in [1.54, 1.807) is 0 Å². The predicted molar refractivity (Wildman–Crippen MR) is 83.0 cm³/mol. The minimum absolute atomic E-state index is 0.126. The average molecular weight is 266 g/mol. The van der Waals surface area contributed by atoms with Gasteiger partial charge in [-0.1, -0.05) is 48.5 Å². The summed E-state index contributed by atoms with van der Waals surface area (Å²) in [6.07, 6.45) is 1.25. The molecule has 2 nitrogen and oxygen atoms in total. The molecule has 0 aliphatic heterocycles. The first-order valence-electron chi connectivity index (χ1n) is 6.99. The van der Waals surface area contributed by atoms with E-state index in [1.165, 1.54) is 21.5 Å². The van der Waals surface area contributed by atoms with Gasteiger partial charge in [0.15, 0.2) is 0 Å². The highest BCUT2D eigenvalue weighted by molar-refractivity contribution is 6.10. The number of hydrogen-bond acceptors (Lipinski definition) is 2. The van der Waals surface area contributed by atoms with Gasteiger partial charge in [-0.3, -0.25) is 0 Å². The predicted octanol–water partition coefficient (Wildman–Crippen LogP) is 3.06. The fraction of sp³-hybridized carbons (Fsp3) is 0.222. The number of benzene rings is 3. The van der Waals surface area contributed by atoms with Gasteiger partial charge < -0.3 is 10.2 Å². The normalized spacial score (nSPS) is 11.3. The van der Waals surface area contributed by atoms with E-state index in [-0.39, 0.29) is 13.2 Å². The van der Waals surface area contributed by atoms with Crippen LogP contribution < -0.4 is 0 Å². The average Bonchev–Trinajstić information content (AvgIpc) is 2.51. The van der Waals surface area contributed by atoms with Crippen molar-refractivity contribution in [3.05, 3.63) is 59.7 Å². The van der Waals surface area contributed by atoms with Crippen LogP contribution in [-0.4, -0.2) is 23.4 Å². The number of fused-ring (bicyclic) bond motifs is 3. The Bertz CT molecular complexity index is 682. The van der Waals surface area contributed by atoms with E-state index in [0.717, 1.165) is 11.1 Å². The van der Waals surface area contributed by atoms with Gasteiger partial charge >= 0.3 is 0 Å². The minimum atomic E-state index is 0.126. The lowest BCUT2D eigenvalue weighted by Gasteiger charge is -2.16. The molecule has 2 N–H and O–H groups in total. The first-order chi connectivity index (χ1) is 9.86. The number of rotatable bonds is 4. The molecule has 0 aliphatic rings. The van der Waals surface area contributed by atoms with Crippen molar-refractivity contribution in [3.63, 3.8) is 0 Å². The quantitative estimate of drug-likeness (QED) is 0.712. The number of aliphatic hydroxyl groups excluding tert-OH is 2. The van der Waals surface area contributed by atoms with Crippen LogP contribution in [-0.2, 0) is 12.8 Å². The van der Waals surface area contributed by atoms with Crippen molar-refractivity contribution in [2.75, 3.05) is 13.2 Å². The molecule has 0 aliphatic carbocycles. The molecule has 0 radical (unpaired) electrons. The van der Waals surface area contributed by atoms with E-state index in [4.69, 9.17) is 0 Å². The topological polar surface area (TPSA) is 40.5 Å². The van der Waals surface area contributed by atoms with E-state index in [9.17, 15) is 10.2 Å². The number of hydrogen-bond donors (Lipinski definition) is 2. The molecule has 0 saturated heterocycles. The lowest BCUT2D eigenvalue weighted by Crippen LogP contribution is -2.03. The molecular weight excluding hydrogens is 248 g/mol. The van der Waals surface area contributed by atoms with Crippen LogP contribution in [0.5, 0.6) is 0 Å². The molecule has 2 heteroatoms. The Morgan fingerprint density at radius 1 is 0.550 bits per heavy atom. The van der Waals surface area contributed by atoms with Gasteiger partial charge in [0.25, 0.3) is 0 Å². The van der Waals surface area contributed by atoms with Gasteiger partial charge in [-0.05, 0) is 45.5 Å². The van der Waals surface area contributed by atoms with Gasteiger partial charge in [0, 0.05) is 13.2 Å². The Labute approximate surface area is 118 Å². The summed E-state index contributed by atoms with van der Waals surface area (Å²) in [6, 6.07) is 16.6. The molecule has 0 atom stereocenters. The summed E-state index contributed by atoms with van der Waals surface area (Å²) in [5.41, 5.74) is 2.33. The van der Waals surface area contributed by atoms with Crippen LogP contribution in [0.25, 0.3) is 21.5 Å². The van der Waals surface area contributed by atoms with Gasteiger partial charge in [0.05, 0.1) is 0 Å². The maximum Gasteiger partial charge on any atom is 0.0471 e. The summed E-state index contributed by atoms with van der Waals surface area (Å²) in [7, 11) is 0. The summed E-state index contributed by atoms with van der Waals surface area (Å²) < 4.78 is 0. The molecule has 3 rings (SSSR count). The van der Waals surface area contributed by atoms with E-state index in [0.29, 0.717) is 12.8 Å². The van der Waals surface area contributed by atoms with Gasteiger partial charge in [-0.25, -0.2) is 0 Å². The zero-order chi connectivity index (χ0) is 13.9. The zero-order valence-electron chi connectivity index (χ0n) is 11.3. The summed E-state index contributed by atoms with van der Waals surface area (Å²) in [5, 5.41) is 23.6. The second-order valence-corrected chi connectivity index (χ2v) is 5.00. The first kappa shape index (κ1) is 13.1. The molecule has 0 spiro atoms. The molecule has 3 aromatic rings. The molecule has 0 fully saturated rings. The van der Waals surface area contributed by atoms with E-state index in [2.05, 4.69) is 24.3 Å². The molecule has 0 saturated carbocycles. The monoisotopic (exact) mass is 266 g/mol. The Balaban J connectivity index is 2.47.